The number of carbonyl (C=O) groups excluding carboxylic acids is 1. The second-order valence-electron chi connectivity index (χ2n) is 7.04. The number of hydrogen-bond donors (Lipinski definition) is 1. The van der Waals surface area contributed by atoms with E-state index in [1.54, 1.807) is 12.1 Å². The lowest BCUT2D eigenvalue weighted by Gasteiger charge is -2.22. The number of sulfone groups is 1. The smallest absolute Gasteiger partial charge is 0.223 e. The van der Waals surface area contributed by atoms with Crippen LogP contribution in [0.15, 0.2) is 45.9 Å². The normalized spacial score (nSPS) is 16.8. The number of aryl methyl sites for hydroxylation is 1. The fourth-order valence-corrected chi connectivity index (χ4v) is 5.17. The number of halogens is 1. The lowest BCUT2D eigenvalue weighted by Crippen LogP contribution is -2.36. The Hall–Kier alpha value is -2.15. The first-order chi connectivity index (χ1) is 12.9. The summed E-state index contributed by atoms with van der Waals surface area (Å²) in [7, 11) is -3.86. The summed E-state index contributed by atoms with van der Waals surface area (Å²) >= 11 is 0. The van der Waals surface area contributed by atoms with E-state index >= 15 is 0 Å². The lowest BCUT2D eigenvalue weighted by atomic mass is 9.89. The molecule has 1 N–H and O–H groups in total. The van der Waals surface area contributed by atoms with E-state index in [0.717, 1.165) is 38.2 Å². The average Bonchev–Trinajstić information content (AvgIpc) is 3.18. The van der Waals surface area contributed by atoms with Gasteiger partial charge in [-0.3, -0.25) is 4.79 Å². The van der Waals surface area contributed by atoms with Gasteiger partial charge in [-0.2, -0.15) is 0 Å². The summed E-state index contributed by atoms with van der Waals surface area (Å²) in [6, 6.07) is 6.88. The molecule has 0 radical (unpaired) electrons. The summed E-state index contributed by atoms with van der Waals surface area (Å²) in [5, 5.41) is 1.73. The lowest BCUT2D eigenvalue weighted by molar-refractivity contribution is -0.125. The molecule has 0 aliphatic heterocycles. The van der Waals surface area contributed by atoms with Crippen molar-refractivity contribution >= 4 is 15.7 Å². The van der Waals surface area contributed by atoms with Crippen molar-refractivity contribution in [3.8, 4) is 0 Å². The molecule has 1 unspecified atom stereocenters. The molecule has 2 aromatic rings. The highest BCUT2D eigenvalue weighted by Gasteiger charge is 2.33. The Bertz CT molecular complexity index is 887. The molecule has 0 saturated heterocycles. The van der Waals surface area contributed by atoms with Gasteiger partial charge >= 0.3 is 0 Å². The van der Waals surface area contributed by atoms with Crippen LogP contribution in [0.25, 0.3) is 0 Å². The summed E-state index contributed by atoms with van der Waals surface area (Å²) < 4.78 is 45.2. The van der Waals surface area contributed by atoms with Gasteiger partial charge in [-0.25, -0.2) is 12.8 Å². The molecule has 1 atom stereocenters. The maximum Gasteiger partial charge on any atom is 0.223 e. The van der Waals surface area contributed by atoms with Crippen LogP contribution in [0.1, 0.15) is 48.7 Å². The Morgan fingerprint density at radius 2 is 2.00 bits per heavy atom. The molecule has 1 aromatic heterocycles. The summed E-state index contributed by atoms with van der Waals surface area (Å²) in [5.74, 6) is -0.390. The number of carbonyl (C=O) groups is 1. The monoisotopic (exact) mass is 393 g/mol. The van der Waals surface area contributed by atoms with Gasteiger partial charge in [-0.05, 0) is 55.7 Å². The molecule has 0 bridgehead atoms. The molecule has 5 nitrogen and oxygen atoms in total. The molecule has 27 heavy (non-hydrogen) atoms. The number of amides is 1. The number of furan rings is 1. The van der Waals surface area contributed by atoms with Crippen molar-refractivity contribution in [3.63, 3.8) is 0 Å². The molecule has 3 rings (SSSR count). The largest absolute Gasteiger partial charge is 0.468 e. The Labute approximate surface area is 158 Å². The zero-order valence-electron chi connectivity index (χ0n) is 15.3. The van der Waals surface area contributed by atoms with Crippen LogP contribution in [0.2, 0.25) is 0 Å². The molecular formula is C20H24FNO4S. The Morgan fingerprint density at radius 3 is 2.63 bits per heavy atom. The quantitative estimate of drug-likeness (QED) is 0.754. The first-order valence-corrected chi connectivity index (χ1v) is 10.8. The van der Waals surface area contributed by atoms with E-state index in [0.29, 0.717) is 0 Å². The van der Waals surface area contributed by atoms with Gasteiger partial charge in [0.05, 0.1) is 11.2 Å². The van der Waals surface area contributed by atoms with Gasteiger partial charge in [-0.1, -0.05) is 19.3 Å². The van der Waals surface area contributed by atoms with Crippen LogP contribution in [-0.2, 0) is 14.6 Å². The maximum atomic E-state index is 13.6. The molecule has 1 aromatic carbocycles. The minimum Gasteiger partial charge on any atom is -0.468 e. The third kappa shape index (κ3) is 4.40. The second kappa shape index (κ2) is 8.25. The Kier molecular flexibility index (Phi) is 5.99. The molecular weight excluding hydrogens is 369 g/mol. The molecule has 1 saturated carbocycles. The van der Waals surface area contributed by atoms with Gasteiger partial charge < -0.3 is 9.73 Å². The predicted molar refractivity (Wildman–Crippen MR) is 99.4 cm³/mol. The van der Waals surface area contributed by atoms with E-state index in [4.69, 9.17) is 4.42 Å². The fourth-order valence-electron chi connectivity index (χ4n) is 3.50. The topological polar surface area (TPSA) is 76.4 Å². The predicted octanol–water partition coefficient (Wildman–Crippen LogP) is 3.94. The van der Waals surface area contributed by atoms with Crippen LogP contribution in [0, 0.1) is 18.7 Å². The van der Waals surface area contributed by atoms with Gasteiger partial charge in [0, 0.05) is 12.5 Å². The molecule has 0 spiro atoms. The van der Waals surface area contributed by atoms with E-state index in [1.807, 2.05) is 0 Å². The summed E-state index contributed by atoms with van der Waals surface area (Å²) in [4.78, 5) is 12.5. The Balaban J connectivity index is 1.83. The van der Waals surface area contributed by atoms with E-state index in [2.05, 4.69) is 5.32 Å². The SMILES string of the molecule is Cc1cc(S(=O)(=O)C(CNC(=O)C2CCCCC2)c2ccco2)ccc1F. The van der Waals surface area contributed by atoms with Crippen molar-refractivity contribution in [2.45, 2.75) is 49.2 Å². The molecule has 1 heterocycles. The number of nitrogens with one attached hydrogen (secondary N) is 1. The highest BCUT2D eigenvalue weighted by Crippen LogP contribution is 2.30. The van der Waals surface area contributed by atoms with Crippen molar-refractivity contribution in [2.75, 3.05) is 6.54 Å². The maximum absolute atomic E-state index is 13.6. The molecule has 7 heteroatoms. The van der Waals surface area contributed by atoms with Crippen LogP contribution in [0.4, 0.5) is 4.39 Å². The van der Waals surface area contributed by atoms with Crippen molar-refractivity contribution in [2.24, 2.45) is 5.92 Å². The number of benzene rings is 1. The molecule has 1 aliphatic carbocycles. The fraction of sp³-hybridized carbons (Fsp3) is 0.450. The highest BCUT2D eigenvalue weighted by atomic mass is 32.2. The first kappa shape index (κ1) is 19.6. The van der Waals surface area contributed by atoms with E-state index in [-0.39, 0.29) is 34.6 Å². The zero-order chi connectivity index (χ0) is 19.4. The molecule has 1 amide bonds. The standard InChI is InChI=1S/C20H24FNO4S/c1-14-12-16(9-10-17(14)21)27(24,25)19(18-8-5-11-26-18)13-22-20(23)15-6-3-2-4-7-15/h5,8-12,15,19H,2-4,6-7,13H2,1H3,(H,22,23). The van der Waals surface area contributed by atoms with Gasteiger partial charge in [0.25, 0.3) is 0 Å². The molecule has 146 valence electrons. The van der Waals surface area contributed by atoms with Crippen LogP contribution < -0.4 is 5.32 Å². The number of rotatable bonds is 6. The van der Waals surface area contributed by atoms with Crippen LogP contribution in [0.5, 0.6) is 0 Å². The van der Waals surface area contributed by atoms with Crippen molar-refractivity contribution in [1.82, 2.24) is 5.32 Å². The summed E-state index contributed by atoms with van der Waals surface area (Å²) in [6.45, 7) is 1.43. The van der Waals surface area contributed by atoms with E-state index in [9.17, 15) is 17.6 Å². The van der Waals surface area contributed by atoms with Gasteiger partial charge in [0.1, 0.15) is 16.8 Å². The zero-order valence-corrected chi connectivity index (χ0v) is 16.1. The molecule has 1 fully saturated rings. The van der Waals surface area contributed by atoms with Gasteiger partial charge in [0.15, 0.2) is 9.84 Å². The second-order valence-corrected chi connectivity index (χ2v) is 9.17. The van der Waals surface area contributed by atoms with E-state index < -0.39 is 20.9 Å². The first-order valence-electron chi connectivity index (χ1n) is 9.21. The third-order valence-electron chi connectivity index (χ3n) is 5.13. The van der Waals surface area contributed by atoms with Crippen molar-refractivity contribution in [3.05, 3.63) is 53.7 Å². The summed E-state index contributed by atoms with van der Waals surface area (Å²) in [5.41, 5.74) is 0.250. The Morgan fingerprint density at radius 1 is 1.26 bits per heavy atom. The minimum absolute atomic E-state index is 0.00900. The average molecular weight is 393 g/mol. The van der Waals surface area contributed by atoms with Gasteiger partial charge in [0.2, 0.25) is 5.91 Å². The highest BCUT2D eigenvalue weighted by molar-refractivity contribution is 7.91. The minimum atomic E-state index is -3.86. The van der Waals surface area contributed by atoms with Crippen molar-refractivity contribution < 1.29 is 22.0 Å². The van der Waals surface area contributed by atoms with Crippen LogP contribution in [-0.4, -0.2) is 20.9 Å². The summed E-state index contributed by atoms with van der Waals surface area (Å²) in [6.07, 6.45) is 6.25. The third-order valence-corrected chi connectivity index (χ3v) is 7.19. The van der Waals surface area contributed by atoms with Gasteiger partial charge in [-0.15, -0.1) is 0 Å². The van der Waals surface area contributed by atoms with Crippen LogP contribution >= 0.6 is 0 Å². The van der Waals surface area contributed by atoms with Crippen LogP contribution in [0.3, 0.4) is 0 Å². The van der Waals surface area contributed by atoms with E-state index in [1.165, 1.54) is 25.3 Å². The molecule has 1 aliphatic rings. The van der Waals surface area contributed by atoms with Crippen molar-refractivity contribution in [1.29, 1.82) is 0 Å². The number of hydrogen-bond acceptors (Lipinski definition) is 4.